The van der Waals surface area contributed by atoms with Crippen LogP contribution in [0, 0.1) is 0 Å². The van der Waals surface area contributed by atoms with Crippen molar-refractivity contribution in [1.29, 1.82) is 0 Å². The molecule has 0 aromatic carbocycles. The molecule has 0 unspecified atom stereocenters. The maximum atomic E-state index is 3.78. The van der Waals surface area contributed by atoms with Crippen molar-refractivity contribution in [2.45, 2.75) is 32.6 Å². The van der Waals surface area contributed by atoms with Crippen molar-refractivity contribution >= 4 is 0 Å². The lowest BCUT2D eigenvalue weighted by atomic mass is 10.2. The van der Waals surface area contributed by atoms with Crippen molar-refractivity contribution in [3.63, 3.8) is 0 Å². The summed E-state index contributed by atoms with van der Waals surface area (Å²) in [5.41, 5.74) is 4.33. The summed E-state index contributed by atoms with van der Waals surface area (Å²) >= 11 is 0. The first-order valence-electron chi connectivity index (χ1n) is 6.31. The Morgan fingerprint density at radius 1 is 1.38 bits per heavy atom. The fraction of sp³-hybridized carbons (Fsp3) is 0.467. The molecule has 1 heteroatoms. The molecule has 0 bridgehead atoms. The van der Waals surface area contributed by atoms with E-state index in [-0.39, 0.29) is 0 Å². The van der Waals surface area contributed by atoms with Gasteiger partial charge in [0.1, 0.15) is 0 Å². The molecule has 0 N–H and O–H groups in total. The monoisotopic (exact) mass is 215 g/mol. The second-order valence-corrected chi connectivity index (χ2v) is 4.64. The molecule has 1 aliphatic heterocycles. The highest BCUT2D eigenvalue weighted by atomic mass is 15.1. The van der Waals surface area contributed by atoms with Crippen molar-refractivity contribution < 1.29 is 0 Å². The average molecular weight is 215 g/mol. The second kappa shape index (κ2) is 5.20. The van der Waals surface area contributed by atoms with E-state index in [2.05, 4.69) is 36.8 Å². The Kier molecular flexibility index (Phi) is 3.66. The second-order valence-electron chi connectivity index (χ2n) is 4.64. The molecule has 0 spiro atoms. The van der Waals surface area contributed by atoms with Gasteiger partial charge in [-0.05, 0) is 35.6 Å². The fourth-order valence-electron chi connectivity index (χ4n) is 2.35. The van der Waals surface area contributed by atoms with E-state index in [0.29, 0.717) is 0 Å². The number of fused-ring (bicyclic) bond motifs is 1. The SMILES string of the molecule is C=CCC1=CC2=CN(CCCCC)CC2=C1. The van der Waals surface area contributed by atoms with Gasteiger partial charge in [0.05, 0.1) is 0 Å². The highest BCUT2D eigenvalue weighted by Gasteiger charge is 2.20. The minimum atomic E-state index is 0.997. The van der Waals surface area contributed by atoms with Crippen molar-refractivity contribution in [2.75, 3.05) is 13.1 Å². The van der Waals surface area contributed by atoms with E-state index >= 15 is 0 Å². The van der Waals surface area contributed by atoms with Crippen LogP contribution in [0.3, 0.4) is 0 Å². The first-order chi connectivity index (χ1) is 7.83. The van der Waals surface area contributed by atoms with Crippen LogP contribution >= 0.6 is 0 Å². The quantitative estimate of drug-likeness (QED) is 0.481. The van der Waals surface area contributed by atoms with E-state index < -0.39 is 0 Å². The first kappa shape index (κ1) is 11.3. The van der Waals surface area contributed by atoms with Crippen LogP contribution < -0.4 is 0 Å². The minimum Gasteiger partial charge on any atom is -0.373 e. The van der Waals surface area contributed by atoms with Crippen LogP contribution in [-0.2, 0) is 0 Å². The first-order valence-corrected chi connectivity index (χ1v) is 6.31. The van der Waals surface area contributed by atoms with Crippen LogP contribution in [0.25, 0.3) is 0 Å². The summed E-state index contributed by atoms with van der Waals surface area (Å²) in [6.45, 7) is 8.35. The van der Waals surface area contributed by atoms with Crippen LogP contribution in [0.5, 0.6) is 0 Å². The van der Waals surface area contributed by atoms with Gasteiger partial charge in [-0.1, -0.05) is 31.9 Å². The predicted molar refractivity (Wildman–Crippen MR) is 70.2 cm³/mol. The van der Waals surface area contributed by atoms with E-state index in [1.807, 2.05) is 6.08 Å². The van der Waals surface area contributed by atoms with Crippen molar-refractivity contribution in [3.8, 4) is 0 Å². The summed E-state index contributed by atoms with van der Waals surface area (Å²) in [7, 11) is 0. The maximum absolute atomic E-state index is 3.78. The van der Waals surface area contributed by atoms with Gasteiger partial charge in [0.25, 0.3) is 0 Å². The molecule has 0 amide bonds. The maximum Gasteiger partial charge on any atom is 0.0430 e. The minimum absolute atomic E-state index is 0.997. The molecule has 0 aromatic rings. The topological polar surface area (TPSA) is 3.24 Å². The number of hydrogen-bond acceptors (Lipinski definition) is 1. The van der Waals surface area contributed by atoms with Gasteiger partial charge >= 0.3 is 0 Å². The summed E-state index contributed by atoms with van der Waals surface area (Å²) in [4.78, 5) is 2.44. The van der Waals surface area contributed by atoms with Gasteiger partial charge in [-0.25, -0.2) is 0 Å². The molecule has 2 aliphatic rings. The molecule has 0 saturated carbocycles. The summed E-state index contributed by atoms with van der Waals surface area (Å²) in [6.07, 6.45) is 13.9. The Labute approximate surface area is 98.8 Å². The highest BCUT2D eigenvalue weighted by molar-refractivity contribution is 5.56. The lowest BCUT2D eigenvalue weighted by molar-refractivity contribution is 0.408. The van der Waals surface area contributed by atoms with Gasteiger partial charge in [0.15, 0.2) is 0 Å². The molecule has 86 valence electrons. The van der Waals surface area contributed by atoms with Crippen LogP contribution in [0.15, 0.2) is 47.7 Å². The molecule has 0 radical (unpaired) electrons. The van der Waals surface area contributed by atoms with Crippen LogP contribution in [-0.4, -0.2) is 18.0 Å². The van der Waals surface area contributed by atoms with E-state index in [4.69, 9.17) is 0 Å². The lowest BCUT2D eigenvalue weighted by Gasteiger charge is -2.14. The van der Waals surface area contributed by atoms with Crippen molar-refractivity contribution in [1.82, 2.24) is 4.90 Å². The molecule has 0 atom stereocenters. The Balaban J connectivity index is 1.89. The van der Waals surface area contributed by atoms with Gasteiger partial charge in [-0.15, -0.1) is 6.58 Å². The summed E-state index contributed by atoms with van der Waals surface area (Å²) in [5.74, 6) is 0. The van der Waals surface area contributed by atoms with Gasteiger partial charge in [0, 0.05) is 19.3 Å². The van der Waals surface area contributed by atoms with Crippen LogP contribution in [0.1, 0.15) is 32.6 Å². The molecule has 16 heavy (non-hydrogen) atoms. The fourth-order valence-corrected chi connectivity index (χ4v) is 2.35. The van der Waals surface area contributed by atoms with E-state index in [1.165, 1.54) is 42.5 Å². The molecule has 1 heterocycles. The zero-order chi connectivity index (χ0) is 11.4. The number of unbranched alkanes of at least 4 members (excludes halogenated alkanes) is 2. The van der Waals surface area contributed by atoms with Crippen molar-refractivity contribution in [3.05, 3.63) is 47.7 Å². The van der Waals surface area contributed by atoms with Gasteiger partial charge < -0.3 is 4.90 Å². The number of hydrogen-bond donors (Lipinski definition) is 0. The Morgan fingerprint density at radius 2 is 2.25 bits per heavy atom. The molecule has 0 fully saturated rings. The molecule has 1 nitrogen and oxygen atoms in total. The largest absolute Gasteiger partial charge is 0.373 e. The molecular formula is C15H21N. The third kappa shape index (κ3) is 2.46. The average Bonchev–Trinajstić information content (AvgIpc) is 2.76. The normalized spacial score (nSPS) is 18.1. The summed E-state index contributed by atoms with van der Waals surface area (Å²) in [5, 5.41) is 0. The van der Waals surface area contributed by atoms with E-state index in [0.717, 1.165) is 13.0 Å². The van der Waals surface area contributed by atoms with Gasteiger partial charge in [-0.2, -0.15) is 0 Å². The molecular weight excluding hydrogens is 194 g/mol. The Hall–Kier alpha value is -1.24. The zero-order valence-corrected chi connectivity index (χ0v) is 10.2. The van der Waals surface area contributed by atoms with E-state index in [9.17, 15) is 0 Å². The van der Waals surface area contributed by atoms with Crippen molar-refractivity contribution in [2.24, 2.45) is 0 Å². The smallest absolute Gasteiger partial charge is 0.0430 e. The summed E-state index contributed by atoms with van der Waals surface area (Å²) < 4.78 is 0. The van der Waals surface area contributed by atoms with E-state index in [1.54, 1.807) is 0 Å². The number of nitrogens with zero attached hydrogens (tertiary/aromatic N) is 1. The molecule has 0 saturated heterocycles. The number of rotatable bonds is 6. The number of allylic oxidation sites excluding steroid dienone is 4. The third-order valence-electron chi connectivity index (χ3n) is 3.20. The molecule has 1 aliphatic carbocycles. The lowest BCUT2D eigenvalue weighted by Crippen LogP contribution is -2.16. The Morgan fingerprint density at radius 3 is 2.94 bits per heavy atom. The predicted octanol–water partition coefficient (Wildman–Crippen LogP) is 3.82. The highest BCUT2D eigenvalue weighted by Crippen LogP contribution is 2.31. The summed E-state index contributed by atoms with van der Waals surface area (Å²) in [6, 6.07) is 0. The van der Waals surface area contributed by atoms with Gasteiger partial charge in [0.2, 0.25) is 0 Å². The Bertz CT molecular complexity index is 358. The standard InChI is InChI=1S/C15H21N/c1-3-5-6-8-16-11-14-9-13(7-4-2)10-15(14)12-16/h4,9-11H,2-3,5-8,12H2,1H3. The zero-order valence-electron chi connectivity index (χ0n) is 10.2. The third-order valence-corrected chi connectivity index (χ3v) is 3.20. The van der Waals surface area contributed by atoms with Crippen LogP contribution in [0.4, 0.5) is 0 Å². The van der Waals surface area contributed by atoms with Gasteiger partial charge in [-0.3, -0.25) is 0 Å². The van der Waals surface area contributed by atoms with Crippen LogP contribution in [0.2, 0.25) is 0 Å². The molecule has 2 rings (SSSR count). The molecule has 0 aromatic heterocycles.